The zero-order chi connectivity index (χ0) is 21.2. The van der Waals surface area contributed by atoms with Crippen LogP contribution in [0.4, 0.5) is 0 Å². The molecule has 1 aromatic rings. The highest BCUT2D eigenvalue weighted by Crippen LogP contribution is 2.06. The highest BCUT2D eigenvalue weighted by atomic mass is 16.2. The summed E-state index contributed by atoms with van der Waals surface area (Å²) in [6, 6.07) is 7.55. The molecule has 0 radical (unpaired) electrons. The van der Waals surface area contributed by atoms with Crippen LogP contribution in [0.3, 0.4) is 0 Å². The van der Waals surface area contributed by atoms with Gasteiger partial charge in [-0.15, -0.1) is 0 Å². The Morgan fingerprint density at radius 3 is 2.25 bits per heavy atom. The van der Waals surface area contributed by atoms with E-state index in [1.807, 2.05) is 53.7 Å². The summed E-state index contributed by atoms with van der Waals surface area (Å²) in [5.41, 5.74) is 1.35. The smallest absolute Gasteiger partial charge is 0.251 e. The Morgan fingerprint density at radius 1 is 1.07 bits per heavy atom. The van der Waals surface area contributed by atoms with Crippen LogP contribution in [0.15, 0.2) is 29.3 Å². The Hall–Kier alpha value is -2.57. The third-order valence-corrected chi connectivity index (χ3v) is 3.90. The molecule has 0 aliphatic heterocycles. The van der Waals surface area contributed by atoms with E-state index in [1.54, 1.807) is 12.1 Å². The molecule has 0 fully saturated rings. The van der Waals surface area contributed by atoms with Gasteiger partial charge in [0.2, 0.25) is 5.91 Å². The van der Waals surface area contributed by atoms with E-state index in [1.165, 1.54) is 0 Å². The quantitative estimate of drug-likeness (QED) is 0.405. The van der Waals surface area contributed by atoms with Crippen molar-refractivity contribution in [2.24, 2.45) is 4.99 Å². The van der Waals surface area contributed by atoms with Crippen LogP contribution < -0.4 is 21.3 Å². The van der Waals surface area contributed by atoms with Crippen LogP contribution in [-0.4, -0.2) is 42.4 Å². The number of rotatable bonds is 8. The first-order chi connectivity index (χ1) is 13.1. The van der Waals surface area contributed by atoms with Crippen molar-refractivity contribution in [3.63, 3.8) is 0 Å². The Labute approximate surface area is 168 Å². The second-order valence-electron chi connectivity index (χ2n) is 7.83. The van der Waals surface area contributed by atoms with E-state index in [-0.39, 0.29) is 29.9 Å². The molecule has 0 saturated heterocycles. The maximum Gasteiger partial charge on any atom is 0.251 e. The largest absolute Gasteiger partial charge is 0.357 e. The SMILES string of the molecule is CCNC(=NCc1ccc(C(=O)NC(C)CC)cc1)NCC(=O)NC(C)(C)C. The van der Waals surface area contributed by atoms with Crippen LogP contribution in [0.5, 0.6) is 0 Å². The van der Waals surface area contributed by atoms with E-state index in [0.717, 1.165) is 12.0 Å². The summed E-state index contributed by atoms with van der Waals surface area (Å²) in [7, 11) is 0. The second-order valence-corrected chi connectivity index (χ2v) is 7.83. The lowest BCUT2D eigenvalue weighted by Crippen LogP contribution is -2.48. The van der Waals surface area contributed by atoms with Gasteiger partial charge < -0.3 is 21.3 Å². The molecular weight excluding hydrogens is 354 g/mol. The molecule has 0 aliphatic carbocycles. The Balaban J connectivity index is 2.64. The standard InChI is InChI=1S/C21H35N5O2/c1-7-15(3)25-19(28)17-11-9-16(10-12-17)13-23-20(22-8-2)24-14-18(27)26-21(4,5)6/h9-12,15H,7-8,13-14H2,1-6H3,(H,25,28)(H,26,27)(H2,22,23,24). The van der Waals surface area contributed by atoms with Crippen molar-refractivity contribution in [1.82, 2.24) is 21.3 Å². The van der Waals surface area contributed by atoms with Crippen LogP contribution in [0.1, 0.15) is 63.9 Å². The highest BCUT2D eigenvalue weighted by molar-refractivity contribution is 5.94. The number of hydrogen-bond donors (Lipinski definition) is 4. The van der Waals surface area contributed by atoms with Crippen molar-refractivity contribution >= 4 is 17.8 Å². The van der Waals surface area contributed by atoms with Gasteiger partial charge >= 0.3 is 0 Å². The number of hydrogen-bond acceptors (Lipinski definition) is 3. The van der Waals surface area contributed by atoms with Crippen LogP contribution in [0.25, 0.3) is 0 Å². The van der Waals surface area contributed by atoms with Gasteiger partial charge in [-0.1, -0.05) is 19.1 Å². The molecule has 0 bridgehead atoms. The number of aliphatic imine (C=N–C) groups is 1. The third kappa shape index (κ3) is 9.39. The van der Waals surface area contributed by atoms with Gasteiger partial charge in [0, 0.05) is 23.7 Å². The lowest BCUT2D eigenvalue weighted by atomic mass is 10.1. The van der Waals surface area contributed by atoms with Crippen molar-refractivity contribution in [2.75, 3.05) is 13.1 Å². The lowest BCUT2D eigenvalue weighted by Gasteiger charge is -2.21. The number of carbonyl (C=O) groups excluding carboxylic acids is 2. The van der Waals surface area contributed by atoms with Crippen molar-refractivity contribution in [2.45, 2.75) is 66.1 Å². The van der Waals surface area contributed by atoms with E-state index in [9.17, 15) is 9.59 Å². The lowest BCUT2D eigenvalue weighted by molar-refractivity contribution is -0.121. The molecule has 7 heteroatoms. The van der Waals surface area contributed by atoms with E-state index >= 15 is 0 Å². The fraction of sp³-hybridized carbons (Fsp3) is 0.571. The van der Waals surface area contributed by atoms with Gasteiger partial charge in [0.05, 0.1) is 13.1 Å². The minimum atomic E-state index is -0.267. The zero-order valence-corrected chi connectivity index (χ0v) is 18.0. The topological polar surface area (TPSA) is 94.6 Å². The molecule has 0 aromatic heterocycles. The summed E-state index contributed by atoms with van der Waals surface area (Å²) in [5.74, 6) is 0.421. The first-order valence-corrected chi connectivity index (χ1v) is 9.87. The van der Waals surface area contributed by atoms with Gasteiger partial charge in [-0.25, -0.2) is 4.99 Å². The molecule has 1 aromatic carbocycles. The van der Waals surface area contributed by atoms with E-state index in [0.29, 0.717) is 24.6 Å². The fourth-order valence-electron chi connectivity index (χ4n) is 2.31. The maximum atomic E-state index is 12.1. The molecule has 1 rings (SSSR count). The fourth-order valence-corrected chi connectivity index (χ4v) is 2.31. The van der Waals surface area contributed by atoms with Crippen molar-refractivity contribution in [1.29, 1.82) is 0 Å². The summed E-state index contributed by atoms with van der Waals surface area (Å²) in [6.07, 6.45) is 0.895. The molecule has 0 spiro atoms. The van der Waals surface area contributed by atoms with Crippen molar-refractivity contribution in [3.8, 4) is 0 Å². The number of amides is 2. The monoisotopic (exact) mass is 389 g/mol. The molecule has 7 nitrogen and oxygen atoms in total. The normalized spacial score (nSPS) is 12.9. The van der Waals surface area contributed by atoms with Gasteiger partial charge in [-0.3, -0.25) is 9.59 Å². The van der Waals surface area contributed by atoms with Gasteiger partial charge in [0.25, 0.3) is 5.91 Å². The van der Waals surface area contributed by atoms with Crippen LogP contribution >= 0.6 is 0 Å². The average Bonchev–Trinajstić information content (AvgIpc) is 2.62. The van der Waals surface area contributed by atoms with Crippen molar-refractivity contribution < 1.29 is 9.59 Å². The summed E-state index contributed by atoms with van der Waals surface area (Å²) in [4.78, 5) is 28.6. The molecule has 1 atom stereocenters. The van der Waals surface area contributed by atoms with Gasteiger partial charge in [0.1, 0.15) is 0 Å². The van der Waals surface area contributed by atoms with Crippen LogP contribution in [0, 0.1) is 0 Å². The molecule has 4 N–H and O–H groups in total. The number of guanidine groups is 1. The minimum absolute atomic E-state index is 0.0655. The summed E-state index contributed by atoms with van der Waals surface area (Å²) >= 11 is 0. The molecule has 28 heavy (non-hydrogen) atoms. The molecule has 0 heterocycles. The van der Waals surface area contributed by atoms with Crippen LogP contribution in [0.2, 0.25) is 0 Å². The zero-order valence-electron chi connectivity index (χ0n) is 18.0. The molecule has 1 unspecified atom stereocenters. The van der Waals surface area contributed by atoms with Crippen LogP contribution in [-0.2, 0) is 11.3 Å². The highest BCUT2D eigenvalue weighted by Gasteiger charge is 2.13. The van der Waals surface area contributed by atoms with Gasteiger partial charge in [0.15, 0.2) is 5.96 Å². The summed E-state index contributed by atoms with van der Waals surface area (Å²) < 4.78 is 0. The predicted octanol–water partition coefficient (Wildman–Crippen LogP) is 2.18. The first-order valence-electron chi connectivity index (χ1n) is 9.87. The molecular formula is C21H35N5O2. The third-order valence-electron chi connectivity index (χ3n) is 3.90. The van der Waals surface area contributed by atoms with E-state index in [2.05, 4.69) is 26.3 Å². The summed E-state index contributed by atoms with van der Waals surface area (Å²) in [6.45, 7) is 13.1. The Bertz CT molecular complexity index is 662. The van der Waals surface area contributed by atoms with Gasteiger partial charge in [-0.05, 0) is 58.7 Å². The molecule has 0 saturated carbocycles. The summed E-state index contributed by atoms with van der Waals surface area (Å²) in [5, 5.41) is 12.0. The molecule has 2 amide bonds. The number of nitrogens with zero attached hydrogens (tertiary/aromatic N) is 1. The Kier molecular flexibility index (Phi) is 9.48. The average molecular weight is 390 g/mol. The molecule has 156 valence electrons. The maximum absolute atomic E-state index is 12.1. The number of carbonyl (C=O) groups is 2. The molecule has 0 aliphatic rings. The Morgan fingerprint density at radius 2 is 1.71 bits per heavy atom. The predicted molar refractivity (Wildman–Crippen MR) is 114 cm³/mol. The first kappa shape index (κ1) is 23.5. The van der Waals surface area contributed by atoms with Gasteiger partial charge in [-0.2, -0.15) is 0 Å². The minimum Gasteiger partial charge on any atom is -0.357 e. The van der Waals surface area contributed by atoms with E-state index in [4.69, 9.17) is 0 Å². The van der Waals surface area contributed by atoms with E-state index < -0.39 is 0 Å². The number of nitrogens with one attached hydrogen (secondary N) is 4. The second kappa shape index (κ2) is 11.3. The number of benzene rings is 1. The van der Waals surface area contributed by atoms with Crippen molar-refractivity contribution in [3.05, 3.63) is 35.4 Å².